The second kappa shape index (κ2) is 8.61. The maximum atomic E-state index is 13.6. The maximum absolute atomic E-state index is 13.6. The van der Waals surface area contributed by atoms with E-state index in [0.29, 0.717) is 0 Å². The molecule has 1 heterocycles. The molecule has 1 aromatic carbocycles. The third kappa shape index (κ3) is 4.56. The fraction of sp³-hybridized carbons (Fsp3) is 0.750. The Labute approximate surface area is 164 Å². The molecule has 3 fully saturated rings. The molecule has 4 rings (SSSR count). The second-order valence-electron chi connectivity index (χ2n) is 9.41. The topological polar surface area (TPSA) is 21.3 Å². The van der Waals surface area contributed by atoms with Gasteiger partial charge >= 0.3 is 0 Å². The lowest BCUT2D eigenvalue weighted by molar-refractivity contribution is -0.126. The zero-order chi connectivity index (χ0) is 18.6. The Kier molecular flexibility index (Phi) is 6.18. The van der Waals surface area contributed by atoms with Crippen molar-refractivity contribution in [3.05, 3.63) is 35.6 Å². The number of hydrogen-bond donors (Lipinski definition) is 1. The first kappa shape index (κ1) is 19.4. The van der Waals surface area contributed by atoms with E-state index in [0.717, 1.165) is 38.3 Å². The van der Waals surface area contributed by atoms with E-state index < -0.39 is 0 Å². The van der Waals surface area contributed by atoms with Gasteiger partial charge in [-0.3, -0.25) is 0 Å². The van der Waals surface area contributed by atoms with Crippen molar-refractivity contribution < 1.29 is 9.13 Å². The molecule has 150 valence electrons. The van der Waals surface area contributed by atoms with Gasteiger partial charge in [0.25, 0.3) is 0 Å². The van der Waals surface area contributed by atoms with Crippen LogP contribution in [0.25, 0.3) is 0 Å². The summed E-state index contributed by atoms with van der Waals surface area (Å²) in [5.74, 6) is 0.749. The first-order chi connectivity index (χ1) is 13.2. The van der Waals surface area contributed by atoms with Crippen LogP contribution >= 0.6 is 0 Å². The molecule has 2 nitrogen and oxygen atoms in total. The van der Waals surface area contributed by atoms with E-state index >= 15 is 0 Å². The summed E-state index contributed by atoms with van der Waals surface area (Å²) >= 11 is 0. The van der Waals surface area contributed by atoms with Crippen LogP contribution < -0.4 is 5.32 Å². The van der Waals surface area contributed by atoms with E-state index in [-0.39, 0.29) is 16.8 Å². The van der Waals surface area contributed by atoms with Crippen molar-refractivity contribution in [1.29, 1.82) is 0 Å². The van der Waals surface area contributed by atoms with Crippen LogP contribution in [0, 0.1) is 11.7 Å². The normalized spacial score (nSPS) is 28.6. The maximum Gasteiger partial charge on any atom is 0.123 e. The quantitative estimate of drug-likeness (QED) is 0.641. The summed E-state index contributed by atoms with van der Waals surface area (Å²) in [5, 5.41) is 3.76. The molecule has 0 aromatic heterocycles. The fourth-order valence-corrected chi connectivity index (χ4v) is 5.99. The number of halogens is 1. The summed E-state index contributed by atoms with van der Waals surface area (Å²) in [7, 11) is 0. The van der Waals surface area contributed by atoms with Crippen molar-refractivity contribution >= 4 is 0 Å². The average Bonchev–Trinajstić information content (AvgIpc) is 3.20. The number of hydrogen-bond acceptors (Lipinski definition) is 2. The van der Waals surface area contributed by atoms with Crippen LogP contribution in [0.2, 0.25) is 0 Å². The van der Waals surface area contributed by atoms with Crippen LogP contribution in [0.3, 0.4) is 0 Å². The summed E-state index contributed by atoms with van der Waals surface area (Å²) in [4.78, 5) is 0. The summed E-state index contributed by atoms with van der Waals surface area (Å²) in [5.41, 5.74) is 1.52. The third-order valence-electron chi connectivity index (χ3n) is 7.56. The molecular weight excluding hydrogens is 337 g/mol. The predicted molar refractivity (Wildman–Crippen MR) is 109 cm³/mol. The number of benzene rings is 1. The molecule has 0 bridgehead atoms. The fourth-order valence-electron chi connectivity index (χ4n) is 5.99. The highest BCUT2D eigenvalue weighted by atomic mass is 19.1. The van der Waals surface area contributed by atoms with E-state index in [4.69, 9.17) is 4.74 Å². The van der Waals surface area contributed by atoms with Gasteiger partial charge in [0.15, 0.2) is 0 Å². The molecule has 1 saturated heterocycles. The molecule has 1 spiro atoms. The molecule has 1 aromatic rings. The van der Waals surface area contributed by atoms with Gasteiger partial charge < -0.3 is 10.1 Å². The van der Waals surface area contributed by atoms with Crippen molar-refractivity contribution in [2.24, 2.45) is 5.92 Å². The smallest absolute Gasteiger partial charge is 0.123 e. The van der Waals surface area contributed by atoms with E-state index in [2.05, 4.69) is 5.32 Å². The molecular formula is C24H36FNO. The van der Waals surface area contributed by atoms with Gasteiger partial charge in [-0.1, -0.05) is 44.2 Å². The number of nitrogens with one attached hydrogen (secondary N) is 1. The van der Waals surface area contributed by atoms with Crippen molar-refractivity contribution in [3.8, 4) is 0 Å². The Balaban J connectivity index is 1.47. The van der Waals surface area contributed by atoms with Crippen LogP contribution in [0.5, 0.6) is 0 Å². The van der Waals surface area contributed by atoms with E-state index in [9.17, 15) is 4.39 Å². The van der Waals surface area contributed by atoms with Gasteiger partial charge in [-0.05, 0) is 81.6 Å². The summed E-state index contributed by atoms with van der Waals surface area (Å²) < 4.78 is 20.0. The molecule has 2 saturated carbocycles. The van der Waals surface area contributed by atoms with Crippen LogP contribution in [-0.2, 0) is 10.2 Å². The Morgan fingerprint density at radius 3 is 2.44 bits per heavy atom. The molecule has 3 heteroatoms. The van der Waals surface area contributed by atoms with Crippen LogP contribution in [0.1, 0.15) is 82.6 Å². The molecule has 1 unspecified atom stereocenters. The zero-order valence-electron chi connectivity index (χ0n) is 16.8. The van der Waals surface area contributed by atoms with Gasteiger partial charge in [0, 0.05) is 12.0 Å². The van der Waals surface area contributed by atoms with Crippen molar-refractivity contribution in [2.75, 3.05) is 19.7 Å². The predicted octanol–water partition coefficient (Wildman–Crippen LogP) is 5.75. The lowest BCUT2D eigenvalue weighted by Crippen LogP contribution is -2.49. The molecule has 1 N–H and O–H groups in total. The van der Waals surface area contributed by atoms with Crippen molar-refractivity contribution in [3.63, 3.8) is 0 Å². The minimum atomic E-state index is -0.132. The van der Waals surface area contributed by atoms with Gasteiger partial charge in [0.2, 0.25) is 0 Å². The van der Waals surface area contributed by atoms with Crippen molar-refractivity contribution in [1.82, 2.24) is 5.32 Å². The molecule has 0 radical (unpaired) electrons. The first-order valence-electron chi connectivity index (χ1n) is 11.3. The minimum Gasteiger partial charge on any atom is -0.375 e. The summed E-state index contributed by atoms with van der Waals surface area (Å²) in [6.45, 7) is 3.07. The van der Waals surface area contributed by atoms with E-state index in [1.165, 1.54) is 69.9 Å². The molecule has 1 aliphatic heterocycles. The van der Waals surface area contributed by atoms with Crippen LogP contribution in [0.15, 0.2) is 24.3 Å². The monoisotopic (exact) mass is 373 g/mol. The van der Waals surface area contributed by atoms with Gasteiger partial charge in [-0.25, -0.2) is 4.39 Å². The Morgan fingerprint density at radius 2 is 1.70 bits per heavy atom. The SMILES string of the molecule is Fc1ccc(C2(CCNCC3CCCC3)CCOC3(CCCCC3)C2)cc1. The van der Waals surface area contributed by atoms with Crippen LogP contribution in [0.4, 0.5) is 4.39 Å². The number of rotatable bonds is 6. The van der Waals surface area contributed by atoms with Gasteiger partial charge in [-0.2, -0.15) is 0 Å². The van der Waals surface area contributed by atoms with Crippen LogP contribution in [-0.4, -0.2) is 25.3 Å². The second-order valence-corrected chi connectivity index (χ2v) is 9.41. The number of ether oxygens (including phenoxy) is 1. The molecule has 0 amide bonds. The largest absolute Gasteiger partial charge is 0.375 e. The molecule has 27 heavy (non-hydrogen) atoms. The summed E-state index contributed by atoms with van der Waals surface area (Å²) in [6.07, 6.45) is 15.2. The lowest BCUT2D eigenvalue weighted by Gasteiger charge is -2.50. The van der Waals surface area contributed by atoms with Gasteiger partial charge in [-0.15, -0.1) is 0 Å². The third-order valence-corrected chi connectivity index (χ3v) is 7.56. The van der Waals surface area contributed by atoms with E-state index in [1.54, 1.807) is 12.1 Å². The summed E-state index contributed by atoms with van der Waals surface area (Å²) in [6, 6.07) is 7.36. The van der Waals surface area contributed by atoms with Crippen molar-refractivity contribution in [2.45, 2.75) is 88.1 Å². The molecule has 3 aliphatic rings. The highest BCUT2D eigenvalue weighted by Crippen LogP contribution is 2.49. The van der Waals surface area contributed by atoms with Gasteiger partial charge in [0.1, 0.15) is 5.82 Å². The standard InChI is InChI=1S/C24H36FNO/c25-22-10-8-21(9-11-22)23(14-16-26-18-20-6-2-3-7-20)15-17-27-24(19-23)12-4-1-5-13-24/h8-11,20,26H,1-7,12-19H2. The van der Waals surface area contributed by atoms with Gasteiger partial charge in [0.05, 0.1) is 5.60 Å². The molecule has 1 atom stereocenters. The zero-order valence-corrected chi connectivity index (χ0v) is 16.8. The highest BCUT2D eigenvalue weighted by Gasteiger charge is 2.46. The Morgan fingerprint density at radius 1 is 0.963 bits per heavy atom. The molecule has 2 aliphatic carbocycles. The Bertz CT molecular complexity index is 583. The minimum absolute atomic E-state index is 0.0658. The lowest BCUT2D eigenvalue weighted by atomic mass is 9.63. The average molecular weight is 374 g/mol. The Hall–Kier alpha value is -0.930. The first-order valence-corrected chi connectivity index (χ1v) is 11.3. The highest BCUT2D eigenvalue weighted by molar-refractivity contribution is 5.28. The van der Waals surface area contributed by atoms with E-state index in [1.807, 2.05) is 12.1 Å².